The van der Waals surface area contributed by atoms with Gasteiger partial charge in [0.15, 0.2) is 0 Å². The molecule has 14 heavy (non-hydrogen) atoms. The smallest absolute Gasteiger partial charge is 0.0474 e. The zero-order valence-corrected chi connectivity index (χ0v) is 10.2. The molecule has 0 spiro atoms. The van der Waals surface area contributed by atoms with Crippen LogP contribution in [0.2, 0.25) is 0 Å². The fourth-order valence-corrected chi connectivity index (χ4v) is 1.25. The van der Waals surface area contributed by atoms with Crippen LogP contribution >= 0.6 is 0 Å². The van der Waals surface area contributed by atoms with Crippen molar-refractivity contribution in [3.8, 4) is 0 Å². The lowest BCUT2D eigenvalue weighted by Gasteiger charge is -2.17. The van der Waals surface area contributed by atoms with Crippen LogP contribution in [0.15, 0.2) is 0 Å². The number of nitrogens with zero attached hydrogens (tertiary/aromatic N) is 1. The van der Waals surface area contributed by atoms with Crippen LogP contribution in [0.1, 0.15) is 20.3 Å². The minimum Gasteiger partial charge on any atom is -0.385 e. The predicted octanol–water partition coefficient (Wildman–Crippen LogP) is 1.20. The van der Waals surface area contributed by atoms with E-state index in [0.717, 1.165) is 45.1 Å². The van der Waals surface area contributed by atoms with E-state index in [-0.39, 0.29) is 0 Å². The lowest BCUT2D eigenvalue weighted by Crippen LogP contribution is -2.31. The lowest BCUT2D eigenvalue weighted by molar-refractivity contribution is 0.179. The Labute approximate surface area is 88.8 Å². The number of likely N-dealkylation sites (N-methyl/N-ethyl adjacent to an activating group) is 1. The molecule has 0 bridgehead atoms. The second-order valence-electron chi connectivity index (χ2n) is 4.25. The molecule has 0 radical (unpaired) electrons. The molecule has 0 saturated carbocycles. The van der Waals surface area contributed by atoms with E-state index >= 15 is 0 Å². The first-order chi connectivity index (χ1) is 6.66. The molecule has 0 atom stereocenters. The summed E-state index contributed by atoms with van der Waals surface area (Å²) in [6.45, 7) is 9.77. The highest BCUT2D eigenvalue weighted by Gasteiger charge is 1.97. The summed E-state index contributed by atoms with van der Waals surface area (Å²) >= 11 is 0. The van der Waals surface area contributed by atoms with Gasteiger partial charge in [0.2, 0.25) is 0 Å². The molecule has 1 N–H and O–H groups in total. The van der Waals surface area contributed by atoms with Gasteiger partial charge in [-0.15, -0.1) is 0 Å². The van der Waals surface area contributed by atoms with Gasteiger partial charge in [0.1, 0.15) is 0 Å². The summed E-state index contributed by atoms with van der Waals surface area (Å²) in [5.74, 6) is 0.744. The van der Waals surface area contributed by atoms with E-state index in [1.807, 2.05) is 0 Å². The molecule has 0 aromatic carbocycles. The highest BCUT2D eigenvalue weighted by Crippen LogP contribution is 1.89. The van der Waals surface area contributed by atoms with Crippen molar-refractivity contribution in [2.45, 2.75) is 20.3 Å². The van der Waals surface area contributed by atoms with Gasteiger partial charge in [-0.1, -0.05) is 13.8 Å². The zero-order chi connectivity index (χ0) is 10.8. The molecule has 0 heterocycles. The Balaban J connectivity index is 3.14. The van der Waals surface area contributed by atoms with E-state index < -0.39 is 0 Å². The molecule has 3 heteroatoms. The Kier molecular flexibility index (Phi) is 9.35. The number of rotatable bonds is 9. The molecular formula is C11H26N2O. The average Bonchev–Trinajstić information content (AvgIpc) is 2.13. The maximum Gasteiger partial charge on any atom is 0.0474 e. The summed E-state index contributed by atoms with van der Waals surface area (Å²) < 4.78 is 5.01. The molecule has 0 aliphatic rings. The van der Waals surface area contributed by atoms with Crippen molar-refractivity contribution in [2.75, 3.05) is 46.9 Å². The third-order valence-electron chi connectivity index (χ3n) is 2.11. The first kappa shape index (κ1) is 13.9. The van der Waals surface area contributed by atoms with Crippen LogP contribution in [-0.2, 0) is 4.74 Å². The molecule has 0 aliphatic carbocycles. The van der Waals surface area contributed by atoms with E-state index in [2.05, 4.69) is 31.1 Å². The molecule has 0 unspecified atom stereocenters. The van der Waals surface area contributed by atoms with Crippen molar-refractivity contribution in [3.63, 3.8) is 0 Å². The Morgan fingerprint density at radius 1 is 1.29 bits per heavy atom. The normalized spacial score (nSPS) is 11.6. The maximum atomic E-state index is 5.01. The number of hydrogen-bond donors (Lipinski definition) is 1. The molecule has 0 saturated heterocycles. The molecule has 0 aromatic rings. The minimum absolute atomic E-state index is 0.744. The first-order valence-corrected chi connectivity index (χ1v) is 5.55. The third kappa shape index (κ3) is 9.96. The van der Waals surface area contributed by atoms with Gasteiger partial charge < -0.3 is 15.0 Å². The van der Waals surface area contributed by atoms with Crippen molar-refractivity contribution in [1.82, 2.24) is 10.2 Å². The largest absolute Gasteiger partial charge is 0.385 e. The van der Waals surface area contributed by atoms with E-state index in [4.69, 9.17) is 4.74 Å². The monoisotopic (exact) mass is 202 g/mol. The molecule has 86 valence electrons. The fourth-order valence-electron chi connectivity index (χ4n) is 1.25. The van der Waals surface area contributed by atoms with E-state index in [0.29, 0.717) is 0 Å². The SMILES string of the molecule is COCCCN(C)CCNCC(C)C. The third-order valence-corrected chi connectivity index (χ3v) is 2.11. The quantitative estimate of drug-likeness (QED) is 0.569. The topological polar surface area (TPSA) is 24.5 Å². The van der Waals surface area contributed by atoms with Crippen LogP contribution in [0.3, 0.4) is 0 Å². The Morgan fingerprint density at radius 2 is 2.00 bits per heavy atom. The van der Waals surface area contributed by atoms with Crippen molar-refractivity contribution in [3.05, 3.63) is 0 Å². The predicted molar refractivity (Wildman–Crippen MR) is 61.7 cm³/mol. The Hall–Kier alpha value is -0.120. The van der Waals surface area contributed by atoms with Gasteiger partial charge in [-0.2, -0.15) is 0 Å². The second kappa shape index (κ2) is 9.44. The van der Waals surface area contributed by atoms with Crippen molar-refractivity contribution < 1.29 is 4.74 Å². The molecule has 0 rings (SSSR count). The molecule has 3 nitrogen and oxygen atoms in total. The zero-order valence-electron chi connectivity index (χ0n) is 10.2. The minimum atomic E-state index is 0.744. The Bertz CT molecular complexity index is 118. The number of hydrogen-bond acceptors (Lipinski definition) is 3. The highest BCUT2D eigenvalue weighted by atomic mass is 16.5. The van der Waals surface area contributed by atoms with Gasteiger partial charge in [-0.05, 0) is 25.9 Å². The standard InChI is InChI=1S/C11H26N2O/c1-11(2)10-12-6-8-13(3)7-5-9-14-4/h11-12H,5-10H2,1-4H3. The van der Waals surface area contributed by atoms with E-state index in [1.165, 1.54) is 0 Å². The number of ether oxygens (including phenoxy) is 1. The average molecular weight is 202 g/mol. The summed E-state index contributed by atoms with van der Waals surface area (Å²) in [4.78, 5) is 2.34. The molecule has 0 fully saturated rings. The van der Waals surface area contributed by atoms with Crippen LogP contribution in [0.25, 0.3) is 0 Å². The molecular weight excluding hydrogens is 176 g/mol. The lowest BCUT2D eigenvalue weighted by atomic mass is 10.2. The first-order valence-electron chi connectivity index (χ1n) is 5.55. The summed E-state index contributed by atoms with van der Waals surface area (Å²) in [6.07, 6.45) is 1.12. The van der Waals surface area contributed by atoms with E-state index in [9.17, 15) is 0 Å². The Morgan fingerprint density at radius 3 is 2.57 bits per heavy atom. The summed E-state index contributed by atoms with van der Waals surface area (Å²) in [6, 6.07) is 0. The van der Waals surface area contributed by atoms with Gasteiger partial charge in [0.25, 0.3) is 0 Å². The van der Waals surface area contributed by atoms with Crippen molar-refractivity contribution >= 4 is 0 Å². The molecule has 0 amide bonds. The maximum absolute atomic E-state index is 5.01. The van der Waals surface area contributed by atoms with E-state index in [1.54, 1.807) is 7.11 Å². The molecule has 0 aromatic heterocycles. The van der Waals surface area contributed by atoms with Crippen molar-refractivity contribution in [2.24, 2.45) is 5.92 Å². The van der Waals surface area contributed by atoms with Gasteiger partial charge in [0, 0.05) is 33.4 Å². The highest BCUT2D eigenvalue weighted by molar-refractivity contribution is 4.56. The van der Waals surface area contributed by atoms with Crippen molar-refractivity contribution in [1.29, 1.82) is 0 Å². The van der Waals surface area contributed by atoms with Crippen LogP contribution in [-0.4, -0.2) is 51.8 Å². The number of methoxy groups -OCH3 is 1. The summed E-state index contributed by atoms with van der Waals surface area (Å²) in [5.41, 5.74) is 0. The van der Waals surface area contributed by atoms with Crippen LogP contribution < -0.4 is 5.32 Å². The fraction of sp³-hybridized carbons (Fsp3) is 1.00. The number of nitrogens with one attached hydrogen (secondary N) is 1. The van der Waals surface area contributed by atoms with Gasteiger partial charge in [-0.3, -0.25) is 0 Å². The second-order valence-corrected chi connectivity index (χ2v) is 4.25. The summed E-state index contributed by atoms with van der Waals surface area (Å²) in [5, 5.41) is 3.43. The van der Waals surface area contributed by atoms with Gasteiger partial charge >= 0.3 is 0 Å². The molecule has 0 aliphatic heterocycles. The van der Waals surface area contributed by atoms with Crippen LogP contribution in [0.4, 0.5) is 0 Å². The van der Waals surface area contributed by atoms with Gasteiger partial charge in [0.05, 0.1) is 0 Å². The summed E-state index contributed by atoms with van der Waals surface area (Å²) in [7, 11) is 3.91. The van der Waals surface area contributed by atoms with Crippen LogP contribution in [0, 0.1) is 5.92 Å². The van der Waals surface area contributed by atoms with Gasteiger partial charge in [-0.25, -0.2) is 0 Å². The van der Waals surface area contributed by atoms with Crippen LogP contribution in [0.5, 0.6) is 0 Å².